The number of esters is 1. The lowest BCUT2D eigenvalue weighted by molar-refractivity contribution is -0.938. The van der Waals surface area contributed by atoms with Crippen molar-refractivity contribution in [1.82, 2.24) is 0 Å². The van der Waals surface area contributed by atoms with Crippen molar-refractivity contribution in [2.75, 3.05) is 31.5 Å². The van der Waals surface area contributed by atoms with E-state index in [-0.39, 0.29) is 17.9 Å². The van der Waals surface area contributed by atoms with Crippen LogP contribution in [0.1, 0.15) is 34.8 Å². The Bertz CT molecular complexity index is 1160. The minimum absolute atomic E-state index is 0.154. The van der Waals surface area contributed by atoms with Gasteiger partial charge in [0.05, 0.1) is 13.1 Å². The summed E-state index contributed by atoms with van der Waals surface area (Å²) in [5, 5.41) is 3.95. The van der Waals surface area contributed by atoms with E-state index in [4.69, 9.17) is 16.3 Å². The molecule has 3 aliphatic heterocycles. The van der Waals surface area contributed by atoms with Crippen LogP contribution < -0.4 is 5.32 Å². The van der Waals surface area contributed by atoms with Crippen LogP contribution in [-0.2, 0) is 9.53 Å². The topological polar surface area (TPSA) is 55.4 Å². The second-order valence-corrected chi connectivity index (χ2v) is 10.2. The molecule has 180 valence electrons. The van der Waals surface area contributed by atoms with Gasteiger partial charge in [-0.05, 0) is 29.8 Å². The molecule has 1 unspecified atom stereocenters. The second kappa shape index (κ2) is 10.2. The fraction of sp³-hybridized carbons (Fsp3) is 0.310. The zero-order valence-electron chi connectivity index (χ0n) is 19.6. The monoisotopic (exact) mass is 489 g/mol. The molecule has 3 aromatic rings. The zero-order valence-corrected chi connectivity index (χ0v) is 20.4. The number of quaternary nitrogens is 1. The number of hydrogen-bond acceptors (Lipinski definition) is 4. The van der Waals surface area contributed by atoms with E-state index in [9.17, 15) is 9.59 Å². The third-order valence-electron chi connectivity index (χ3n) is 7.41. The highest BCUT2D eigenvalue weighted by atomic mass is 35.5. The van der Waals surface area contributed by atoms with Gasteiger partial charge < -0.3 is 14.5 Å². The average molecular weight is 490 g/mol. The molecule has 3 aliphatic rings. The number of fused-ring (bicyclic) bond motifs is 3. The number of benzene rings is 3. The molecule has 0 aromatic heterocycles. The van der Waals surface area contributed by atoms with Crippen LogP contribution in [0, 0.1) is 5.92 Å². The molecule has 6 heteroatoms. The summed E-state index contributed by atoms with van der Waals surface area (Å²) in [5.74, 6) is 0.191. The number of hydrogen-bond donors (Lipinski definition) is 1. The Kier molecular flexibility index (Phi) is 6.89. The van der Waals surface area contributed by atoms with Crippen LogP contribution in [0.2, 0.25) is 5.02 Å². The standard InChI is InChI=1S/C29H30ClN2O3/c30-24-13-11-23(12-14-24)28(31-25-9-5-2-6-10-25)29(34)35-27-20-32(17-15-22(27)16-18-32)19-26(33)21-7-3-1-4-8-21/h1-14,22,27-28,31H,15-20H2/q+1/t22?,27-,28?,32?/m0/s1. The summed E-state index contributed by atoms with van der Waals surface area (Å²) in [7, 11) is 0. The lowest BCUT2D eigenvalue weighted by Crippen LogP contribution is -2.65. The Morgan fingerprint density at radius 3 is 2.20 bits per heavy atom. The van der Waals surface area contributed by atoms with E-state index in [2.05, 4.69) is 5.32 Å². The zero-order chi connectivity index (χ0) is 24.3. The van der Waals surface area contributed by atoms with Gasteiger partial charge in [-0.2, -0.15) is 0 Å². The molecule has 0 radical (unpaired) electrons. The van der Waals surface area contributed by atoms with Gasteiger partial charge in [0.1, 0.15) is 13.1 Å². The SMILES string of the molecule is O=C(C[N+]12CCC(CC1)[C@@H](OC(=O)C(Nc1ccccc1)c1ccc(Cl)cc1)C2)c1ccccc1. The summed E-state index contributed by atoms with van der Waals surface area (Å²) in [5.41, 5.74) is 2.39. The number of ketones is 1. The van der Waals surface area contributed by atoms with Crippen molar-refractivity contribution in [3.8, 4) is 0 Å². The van der Waals surface area contributed by atoms with Crippen LogP contribution >= 0.6 is 11.6 Å². The molecule has 2 bridgehead atoms. The minimum Gasteiger partial charge on any atom is -0.454 e. The highest BCUT2D eigenvalue weighted by Crippen LogP contribution is 2.37. The second-order valence-electron chi connectivity index (χ2n) is 9.73. The van der Waals surface area contributed by atoms with E-state index in [1.54, 1.807) is 12.1 Å². The number of carbonyl (C=O) groups is 2. The lowest BCUT2D eigenvalue weighted by Gasteiger charge is -2.51. The van der Waals surface area contributed by atoms with Gasteiger partial charge in [0.2, 0.25) is 5.78 Å². The van der Waals surface area contributed by atoms with E-state index < -0.39 is 6.04 Å². The van der Waals surface area contributed by atoms with Crippen molar-refractivity contribution in [1.29, 1.82) is 0 Å². The van der Waals surface area contributed by atoms with Crippen LogP contribution in [0.5, 0.6) is 0 Å². The lowest BCUT2D eigenvalue weighted by atomic mass is 9.82. The van der Waals surface area contributed by atoms with Gasteiger partial charge in [0.15, 0.2) is 12.1 Å². The summed E-state index contributed by atoms with van der Waals surface area (Å²) >= 11 is 6.09. The first-order valence-corrected chi connectivity index (χ1v) is 12.6. The summed E-state index contributed by atoms with van der Waals surface area (Å²) in [6.07, 6.45) is 1.75. The van der Waals surface area contributed by atoms with Crippen molar-refractivity contribution in [2.45, 2.75) is 25.0 Å². The fourth-order valence-electron chi connectivity index (χ4n) is 5.45. The number of nitrogens with one attached hydrogen (secondary N) is 1. The average Bonchev–Trinajstić information content (AvgIpc) is 2.89. The number of halogens is 1. The van der Waals surface area contributed by atoms with Gasteiger partial charge in [0.25, 0.3) is 0 Å². The molecule has 3 heterocycles. The summed E-state index contributed by atoms with van der Waals surface area (Å²) in [6, 6.07) is 25.8. The number of carbonyl (C=O) groups excluding carboxylic acids is 2. The molecule has 1 N–H and O–H groups in total. The number of anilines is 1. The molecule has 5 nitrogen and oxygen atoms in total. The number of ether oxygens (including phenoxy) is 1. The summed E-state index contributed by atoms with van der Waals surface area (Å²) in [4.78, 5) is 26.5. The molecule has 0 saturated carbocycles. The van der Waals surface area contributed by atoms with Gasteiger partial charge in [0, 0.05) is 35.0 Å². The number of Topliss-reactive ketones (excluding diaryl/α,β-unsaturated/α-hetero) is 1. The molecular weight excluding hydrogens is 460 g/mol. The molecule has 3 aromatic carbocycles. The van der Waals surface area contributed by atoms with Gasteiger partial charge >= 0.3 is 5.97 Å². The third-order valence-corrected chi connectivity index (χ3v) is 7.66. The van der Waals surface area contributed by atoms with Crippen molar-refractivity contribution >= 4 is 29.0 Å². The first kappa shape index (κ1) is 23.6. The van der Waals surface area contributed by atoms with Crippen LogP contribution in [0.15, 0.2) is 84.9 Å². The van der Waals surface area contributed by atoms with E-state index in [1.807, 2.05) is 72.8 Å². The molecule has 0 amide bonds. The van der Waals surface area contributed by atoms with Crippen LogP contribution in [0.4, 0.5) is 5.69 Å². The van der Waals surface area contributed by atoms with Gasteiger partial charge in [-0.15, -0.1) is 0 Å². The molecule has 2 atom stereocenters. The third kappa shape index (κ3) is 5.42. The maximum absolute atomic E-state index is 13.5. The molecule has 0 aliphatic carbocycles. The highest BCUT2D eigenvalue weighted by molar-refractivity contribution is 6.30. The number of nitrogens with zero attached hydrogens (tertiary/aromatic N) is 1. The highest BCUT2D eigenvalue weighted by Gasteiger charge is 2.49. The van der Waals surface area contributed by atoms with Gasteiger partial charge in [-0.1, -0.05) is 72.3 Å². The molecule has 0 spiro atoms. The van der Waals surface area contributed by atoms with E-state index in [0.717, 1.165) is 42.7 Å². The fourth-order valence-corrected chi connectivity index (χ4v) is 5.57. The van der Waals surface area contributed by atoms with Crippen molar-refractivity contribution in [3.05, 3.63) is 101 Å². The van der Waals surface area contributed by atoms with Gasteiger partial charge in [-0.25, -0.2) is 4.79 Å². The van der Waals surface area contributed by atoms with E-state index >= 15 is 0 Å². The van der Waals surface area contributed by atoms with Crippen molar-refractivity contribution in [3.63, 3.8) is 0 Å². The maximum atomic E-state index is 13.5. The molecule has 3 saturated heterocycles. The molecule has 3 fully saturated rings. The minimum atomic E-state index is -0.649. The number of rotatable bonds is 8. The molecule has 6 rings (SSSR count). The number of piperidine rings is 3. The summed E-state index contributed by atoms with van der Waals surface area (Å²) < 4.78 is 6.89. The predicted octanol–water partition coefficient (Wildman–Crippen LogP) is 5.53. The Balaban J connectivity index is 1.32. The Morgan fingerprint density at radius 2 is 1.54 bits per heavy atom. The summed E-state index contributed by atoms with van der Waals surface area (Å²) in [6.45, 7) is 3.06. The largest absolute Gasteiger partial charge is 0.454 e. The Morgan fingerprint density at radius 1 is 0.914 bits per heavy atom. The maximum Gasteiger partial charge on any atom is 0.333 e. The van der Waals surface area contributed by atoms with Crippen LogP contribution in [0.3, 0.4) is 0 Å². The number of para-hydroxylation sites is 1. The first-order chi connectivity index (χ1) is 17.0. The Labute approximate surface area is 211 Å². The van der Waals surface area contributed by atoms with Crippen molar-refractivity contribution in [2.24, 2.45) is 5.92 Å². The molecule has 35 heavy (non-hydrogen) atoms. The first-order valence-electron chi connectivity index (χ1n) is 12.2. The van der Waals surface area contributed by atoms with Crippen LogP contribution in [-0.4, -0.2) is 48.5 Å². The smallest absolute Gasteiger partial charge is 0.333 e. The van der Waals surface area contributed by atoms with E-state index in [1.165, 1.54) is 0 Å². The van der Waals surface area contributed by atoms with E-state index in [0.29, 0.717) is 28.5 Å². The normalized spacial score (nSPS) is 23.9. The molecular formula is C29H30ClN2O3+. The van der Waals surface area contributed by atoms with Gasteiger partial charge in [-0.3, -0.25) is 4.79 Å². The predicted molar refractivity (Wildman–Crippen MR) is 137 cm³/mol. The van der Waals surface area contributed by atoms with Crippen molar-refractivity contribution < 1.29 is 18.8 Å². The quantitative estimate of drug-likeness (QED) is 0.257. The Hall–Kier alpha value is -3.15. The van der Waals surface area contributed by atoms with Crippen LogP contribution in [0.25, 0.3) is 0 Å².